The molecule has 1 unspecified atom stereocenters. The maximum atomic E-state index is 9.89. The number of para-hydroxylation sites is 1. The van der Waals surface area contributed by atoms with E-state index in [0.29, 0.717) is 5.75 Å². The molecule has 0 bridgehead atoms. The summed E-state index contributed by atoms with van der Waals surface area (Å²) in [6.45, 7) is 6.12. The number of unbranched alkanes of at least 4 members (excludes halogenated alkanes) is 2. The van der Waals surface area contributed by atoms with E-state index in [1.54, 1.807) is 6.07 Å². The Balaban J connectivity index is 1.72. The molecule has 1 heterocycles. The topological polar surface area (TPSA) is 26.7 Å². The van der Waals surface area contributed by atoms with Gasteiger partial charge in [0, 0.05) is 38.3 Å². The second-order valence-electron chi connectivity index (χ2n) is 6.78. The van der Waals surface area contributed by atoms with Crippen LogP contribution in [0.5, 0.6) is 5.75 Å². The maximum Gasteiger partial charge on any atom is 0.115 e. The van der Waals surface area contributed by atoms with Crippen LogP contribution in [0.1, 0.15) is 37.8 Å². The molecule has 0 spiro atoms. The van der Waals surface area contributed by atoms with E-state index in [0.717, 1.165) is 44.6 Å². The van der Waals surface area contributed by atoms with Crippen LogP contribution in [0, 0.1) is 11.8 Å². The number of phenolic OH excluding ortho intramolecular Hbond substituents is 1. The fourth-order valence-electron chi connectivity index (χ4n) is 3.39. The van der Waals surface area contributed by atoms with Gasteiger partial charge in [0.1, 0.15) is 5.75 Å². The van der Waals surface area contributed by atoms with E-state index in [-0.39, 0.29) is 6.04 Å². The zero-order valence-corrected chi connectivity index (χ0v) is 15.6. The Bertz CT molecular complexity index is 740. The highest BCUT2D eigenvalue weighted by Gasteiger charge is 2.24. The third kappa shape index (κ3) is 4.80. The lowest BCUT2D eigenvalue weighted by molar-refractivity contribution is 0.223. The number of anilines is 1. The van der Waals surface area contributed by atoms with Gasteiger partial charge in [-0.1, -0.05) is 49.6 Å². The molecule has 2 aromatic rings. The Labute approximate surface area is 157 Å². The molecule has 0 saturated carbocycles. The van der Waals surface area contributed by atoms with Gasteiger partial charge in [-0.2, -0.15) is 0 Å². The Morgan fingerprint density at radius 2 is 1.77 bits per heavy atom. The molecule has 1 saturated heterocycles. The van der Waals surface area contributed by atoms with E-state index in [1.807, 2.05) is 12.1 Å². The van der Waals surface area contributed by atoms with Gasteiger partial charge in [0.25, 0.3) is 0 Å². The lowest BCUT2D eigenvalue weighted by Crippen LogP contribution is -2.47. The number of phenols is 1. The minimum Gasteiger partial charge on any atom is -0.508 e. The number of nitrogens with zero attached hydrogens (tertiary/aromatic N) is 2. The van der Waals surface area contributed by atoms with Crippen molar-refractivity contribution in [2.75, 3.05) is 31.1 Å². The lowest BCUT2D eigenvalue weighted by Gasteiger charge is -2.38. The van der Waals surface area contributed by atoms with Crippen LogP contribution in [0.2, 0.25) is 0 Å². The highest BCUT2D eigenvalue weighted by molar-refractivity contribution is 5.46. The van der Waals surface area contributed by atoms with Crippen LogP contribution in [0.4, 0.5) is 5.69 Å². The van der Waals surface area contributed by atoms with Crippen LogP contribution in [0.3, 0.4) is 0 Å². The summed E-state index contributed by atoms with van der Waals surface area (Å²) in [5, 5.41) is 9.89. The number of aromatic hydroxyl groups is 1. The molecule has 1 aliphatic rings. The third-order valence-corrected chi connectivity index (χ3v) is 4.88. The predicted octanol–water partition coefficient (Wildman–Crippen LogP) is 4.45. The Kier molecular flexibility index (Phi) is 6.57. The average Bonchev–Trinajstić information content (AvgIpc) is 2.69. The average molecular weight is 348 g/mol. The fraction of sp³-hybridized carbons (Fsp3) is 0.391. The highest BCUT2D eigenvalue weighted by atomic mass is 16.3. The van der Waals surface area contributed by atoms with Gasteiger partial charge in [-0.05, 0) is 36.2 Å². The summed E-state index contributed by atoms with van der Waals surface area (Å²) >= 11 is 0. The number of piperazine rings is 1. The number of benzene rings is 2. The summed E-state index contributed by atoms with van der Waals surface area (Å²) < 4.78 is 0. The van der Waals surface area contributed by atoms with Gasteiger partial charge in [0.15, 0.2) is 0 Å². The van der Waals surface area contributed by atoms with E-state index < -0.39 is 0 Å². The Hall–Kier alpha value is -2.44. The van der Waals surface area contributed by atoms with E-state index in [9.17, 15) is 5.11 Å². The molecule has 0 aromatic heterocycles. The second-order valence-corrected chi connectivity index (χ2v) is 6.78. The first kappa shape index (κ1) is 18.4. The molecule has 26 heavy (non-hydrogen) atoms. The van der Waals surface area contributed by atoms with Crippen LogP contribution in [-0.4, -0.2) is 36.2 Å². The van der Waals surface area contributed by atoms with Gasteiger partial charge in [0.05, 0.1) is 6.04 Å². The van der Waals surface area contributed by atoms with Crippen LogP contribution in [-0.2, 0) is 0 Å². The van der Waals surface area contributed by atoms with Crippen LogP contribution in [0.15, 0.2) is 54.6 Å². The SMILES string of the molecule is CCCCC#CC(c1cccc(O)c1)N1CCN(c2ccccc2)CC1. The van der Waals surface area contributed by atoms with E-state index in [4.69, 9.17) is 0 Å². The first-order chi connectivity index (χ1) is 12.8. The smallest absolute Gasteiger partial charge is 0.115 e. The minimum absolute atomic E-state index is 0.0527. The zero-order valence-electron chi connectivity index (χ0n) is 15.6. The van der Waals surface area contributed by atoms with E-state index in [1.165, 1.54) is 12.1 Å². The van der Waals surface area contributed by atoms with Crippen molar-refractivity contribution < 1.29 is 5.11 Å². The molecule has 3 heteroatoms. The molecule has 1 atom stereocenters. The highest BCUT2D eigenvalue weighted by Crippen LogP contribution is 2.26. The van der Waals surface area contributed by atoms with Gasteiger partial charge in [-0.3, -0.25) is 4.90 Å². The summed E-state index contributed by atoms with van der Waals surface area (Å²) in [5.74, 6) is 7.14. The van der Waals surface area contributed by atoms with Crippen LogP contribution >= 0.6 is 0 Å². The monoisotopic (exact) mass is 348 g/mol. The molecule has 0 radical (unpaired) electrons. The molecule has 3 nitrogen and oxygen atoms in total. The molecule has 136 valence electrons. The minimum atomic E-state index is 0.0527. The first-order valence-electron chi connectivity index (χ1n) is 9.59. The molecule has 0 aliphatic carbocycles. The molecular weight excluding hydrogens is 320 g/mol. The molecule has 3 rings (SSSR count). The largest absolute Gasteiger partial charge is 0.508 e. The molecule has 1 aliphatic heterocycles. The second kappa shape index (κ2) is 9.31. The van der Waals surface area contributed by atoms with E-state index >= 15 is 0 Å². The Morgan fingerprint density at radius 3 is 2.46 bits per heavy atom. The number of hydrogen-bond donors (Lipinski definition) is 1. The Morgan fingerprint density at radius 1 is 1.00 bits per heavy atom. The molecule has 0 amide bonds. The van der Waals surface area contributed by atoms with Crippen molar-refractivity contribution in [2.45, 2.75) is 32.2 Å². The van der Waals surface area contributed by atoms with Crippen molar-refractivity contribution in [1.82, 2.24) is 4.90 Å². The zero-order chi connectivity index (χ0) is 18.2. The van der Waals surface area contributed by atoms with E-state index in [2.05, 4.69) is 65.0 Å². The van der Waals surface area contributed by atoms with Crippen LogP contribution in [0.25, 0.3) is 0 Å². The molecule has 2 aromatic carbocycles. The van der Waals surface area contributed by atoms with Crippen molar-refractivity contribution >= 4 is 5.69 Å². The van der Waals surface area contributed by atoms with Gasteiger partial charge in [-0.25, -0.2) is 0 Å². The third-order valence-electron chi connectivity index (χ3n) is 4.88. The molecule has 1 N–H and O–H groups in total. The van der Waals surface area contributed by atoms with Crippen molar-refractivity contribution in [1.29, 1.82) is 0 Å². The van der Waals surface area contributed by atoms with Crippen molar-refractivity contribution in [3.63, 3.8) is 0 Å². The van der Waals surface area contributed by atoms with Crippen molar-refractivity contribution in [3.8, 4) is 17.6 Å². The van der Waals surface area contributed by atoms with Crippen molar-refractivity contribution in [2.24, 2.45) is 0 Å². The summed E-state index contributed by atoms with van der Waals surface area (Å²) in [5.41, 5.74) is 2.37. The maximum absolute atomic E-state index is 9.89. The quantitative estimate of drug-likeness (QED) is 0.639. The van der Waals surface area contributed by atoms with Gasteiger partial charge in [-0.15, -0.1) is 5.92 Å². The van der Waals surface area contributed by atoms with Gasteiger partial charge in [0.2, 0.25) is 0 Å². The molecule has 1 fully saturated rings. The van der Waals surface area contributed by atoms with Crippen molar-refractivity contribution in [3.05, 3.63) is 60.2 Å². The first-order valence-corrected chi connectivity index (χ1v) is 9.59. The van der Waals surface area contributed by atoms with Gasteiger partial charge < -0.3 is 10.0 Å². The predicted molar refractivity (Wildman–Crippen MR) is 108 cm³/mol. The number of hydrogen-bond acceptors (Lipinski definition) is 3. The standard InChI is InChI=1S/C23H28N2O/c1-2-3-4-8-14-23(20-10-9-13-22(26)19-20)25-17-15-24(16-18-25)21-11-6-5-7-12-21/h5-7,9-13,19,23,26H,2-4,15-18H2,1H3. The normalized spacial score (nSPS) is 16.0. The van der Waals surface area contributed by atoms with Gasteiger partial charge >= 0.3 is 0 Å². The summed E-state index contributed by atoms with van der Waals surface area (Å²) in [7, 11) is 0. The number of rotatable bonds is 5. The molecular formula is C23H28N2O. The summed E-state index contributed by atoms with van der Waals surface area (Å²) in [6.07, 6.45) is 3.25. The lowest BCUT2D eigenvalue weighted by atomic mass is 10.0. The fourth-order valence-corrected chi connectivity index (χ4v) is 3.39. The summed E-state index contributed by atoms with van der Waals surface area (Å²) in [6, 6.07) is 18.2. The van der Waals surface area contributed by atoms with Crippen LogP contribution < -0.4 is 4.90 Å². The summed E-state index contributed by atoms with van der Waals surface area (Å²) in [4.78, 5) is 4.87.